The minimum Gasteiger partial charge on any atom is -0.366 e. The monoisotopic (exact) mass is 278 g/mol. The molecule has 0 atom stereocenters. The summed E-state index contributed by atoms with van der Waals surface area (Å²) < 4.78 is 0. The fourth-order valence-electron chi connectivity index (χ4n) is 1.99. The number of halogens is 3. The van der Waals surface area contributed by atoms with Crippen LogP contribution in [-0.4, -0.2) is 11.0 Å². The van der Waals surface area contributed by atoms with Crippen molar-refractivity contribution in [2.45, 2.75) is 38.1 Å². The van der Waals surface area contributed by atoms with Crippen molar-refractivity contribution in [2.24, 2.45) is 0 Å². The summed E-state index contributed by atoms with van der Waals surface area (Å²) in [7, 11) is 0. The van der Waals surface area contributed by atoms with E-state index in [9.17, 15) is 0 Å². The average Bonchev–Trinajstić information content (AvgIpc) is 2.27. The normalized spacial score (nSPS) is 17.4. The van der Waals surface area contributed by atoms with Crippen LogP contribution >= 0.6 is 34.8 Å². The van der Waals surface area contributed by atoms with Crippen LogP contribution in [0.25, 0.3) is 0 Å². The number of nitrogens with zero attached hydrogens (tertiary/aromatic N) is 1. The van der Waals surface area contributed by atoms with Crippen LogP contribution in [0.4, 0.5) is 5.82 Å². The van der Waals surface area contributed by atoms with E-state index in [2.05, 4.69) is 10.3 Å². The molecule has 1 aromatic heterocycles. The molecule has 0 saturated heterocycles. The van der Waals surface area contributed by atoms with E-state index in [0.29, 0.717) is 27.1 Å². The Kier molecular flexibility index (Phi) is 4.17. The molecule has 0 bridgehead atoms. The summed E-state index contributed by atoms with van der Waals surface area (Å²) in [5.41, 5.74) is 0. The third-order valence-corrected chi connectivity index (χ3v) is 3.79. The zero-order chi connectivity index (χ0) is 11.5. The first-order chi connectivity index (χ1) is 7.66. The van der Waals surface area contributed by atoms with Gasteiger partial charge in [-0.05, 0) is 18.9 Å². The predicted molar refractivity (Wildman–Crippen MR) is 69.8 cm³/mol. The Morgan fingerprint density at radius 3 is 2.44 bits per heavy atom. The molecule has 16 heavy (non-hydrogen) atoms. The summed E-state index contributed by atoms with van der Waals surface area (Å²) in [6, 6.07) is 2.08. The number of aromatic nitrogens is 1. The van der Waals surface area contributed by atoms with Gasteiger partial charge in [0, 0.05) is 6.04 Å². The van der Waals surface area contributed by atoms with Crippen molar-refractivity contribution < 1.29 is 0 Å². The number of anilines is 1. The fourth-order valence-corrected chi connectivity index (χ4v) is 2.54. The molecule has 1 N–H and O–H groups in total. The van der Waals surface area contributed by atoms with E-state index in [1.165, 1.54) is 19.3 Å². The lowest BCUT2D eigenvalue weighted by atomic mass is 9.95. The van der Waals surface area contributed by atoms with Gasteiger partial charge in [0.2, 0.25) is 0 Å². The van der Waals surface area contributed by atoms with E-state index in [1.54, 1.807) is 6.07 Å². The molecule has 1 aliphatic rings. The zero-order valence-electron chi connectivity index (χ0n) is 8.77. The van der Waals surface area contributed by atoms with Gasteiger partial charge in [0.1, 0.15) is 11.0 Å². The van der Waals surface area contributed by atoms with Gasteiger partial charge >= 0.3 is 0 Å². The van der Waals surface area contributed by atoms with Gasteiger partial charge in [-0.1, -0.05) is 54.1 Å². The Morgan fingerprint density at radius 1 is 1.06 bits per heavy atom. The summed E-state index contributed by atoms with van der Waals surface area (Å²) in [6.45, 7) is 0. The van der Waals surface area contributed by atoms with Crippen LogP contribution in [0.2, 0.25) is 15.2 Å². The first kappa shape index (κ1) is 12.3. The highest BCUT2D eigenvalue weighted by molar-refractivity contribution is 6.42. The number of hydrogen-bond acceptors (Lipinski definition) is 2. The lowest BCUT2D eigenvalue weighted by Crippen LogP contribution is -2.23. The largest absolute Gasteiger partial charge is 0.366 e. The summed E-state index contributed by atoms with van der Waals surface area (Å²) in [4.78, 5) is 4.16. The van der Waals surface area contributed by atoms with Crippen LogP contribution < -0.4 is 5.32 Å². The van der Waals surface area contributed by atoms with Gasteiger partial charge in [-0.3, -0.25) is 0 Å². The molecule has 2 nitrogen and oxygen atoms in total. The van der Waals surface area contributed by atoms with Crippen LogP contribution in [0.5, 0.6) is 0 Å². The standard InChI is InChI=1S/C11H13Cl3N2/c12-8-6-9(13)11(16-10(8)14)15-7-4-2-1-3-5-7/h6-7H,1-5H2,(H,15,16). The second kappa shape index (κ2) is 5.44. The first-order valence-corrected chi connectivity index (χ1v) is 6.58. The molecule has 1 fully saturated rings. The molecule has 1 saturated carbocycles. The Morgan fingerprint density at radius 2 is 1.75 bits per heavy atom. The second-order valence-electron chi connectivity index (χ2n) is 4.07. The number of hydrogen-bond donors (Lipinski definition) is 1. The Labute approximate surface area is 110 Å². The quantitative estimate of drug-likeness (QED) is 0.788. The number of nitrogens with one attached hydrogen (secondary N) is 1. The van der Waals surface area contributed by atoms with Crippen LogP contribution in [0.3, 0.4) is 0 Å². The van der Waals surface area contributed by atoms with Crippen molar-refractivity contribution in [3.05, 3.63) is 21.3 Å². The molecule has 88 valence electrons. The van der Waals surface area contributed by atoms with Crippen LogP contribution in [0.1, 0.15) is 32.1 Å². The summed E-state index contributed by atoms with van der Waals surface area (Å²) >= 11 is 17.7. The summed E-state index contributed by atoms with van der Waals surface area (Å²) in [5.74, 6) is 0.642. The third kappa shape index (κ3) is 2.93. The maximum Gasteiger partial charge on any atom is 0.150 e. The second-order valence-corrected chi connectivity index (χ2v) is 5.24. The Bertz CT molecular complexity index is 376. The van der Waals surface area contributed by atoms with Gasteiger partial charge in [-0.25, -0.2) is 4.98 Å². The minimum atomic E-state index is 0.296. The van der Waals surface area contributed by atoms with Crippen molar-refractivity contribution in [3.63, 3.8) is 0 Å². The lowest BCUT2D eigenvalue weighted by molar-refractivity contribution is 0.462. The van der Waals surface area contributed by atoms with Crippen molar-refractivity contribution >= 4 is 40.6 Å². The van der Waals surface area contributed by atoms with Gasteiger partial charge in [0.15, 0.2) is 0 Å². The van der Waals surface area contributed by atoms with E-state index in [0.717, 1.165) is 12.8 Å². The molecular weight excluding hydrogens is 266 g/mol. The van der Waals surface area contributed by atoms with Crippen LogP contribution in [-0.2, 0) is 0 Å². The molecule has 1 aromatic rings. The van der Waals surface area contributed by atoms with Gasteiger partial charge < -0.3 is 5.32 Å². The number of pyridine rings is 1. The van der Waals surface area contributed by atoms with E-state index < -0.39 is 0 Å². The van der Waals surface area contributed by atoms with Gasteiger partial charge in [0.05, 0.1) is 10.0 Å². The summed E-state index contributed by atoms with van der Waals surface area (Å²) in [5, 5.41) is 4.54. The van der Waals surface area contributed by atoms with E-state index in [4.69, 9.17) is 34.8 Å². The molecule has 1 aliphatic carbocycles. The topological polar surface area (TPSA) is 24.9 Å². The molecular formula is C11H13Cl3N2. The zero-order valence-corrected chi connectivity index (χ0v) is 11.0. The molecule has 5 heteroatoms. The predicted octanol–water partition coefficient (Wildman–Crippen LogP) is 4.79. The SMILES string of the molecule is Clc1cc(Cl)c(NC2CCCCC2)nc1Cl. The first-order valence-electron chi connectivity index (χ1n) is 5.45. The van der Waals surface area contributed by atoms with E-state index in [1.807, 2.05) is 0 Å². The molecule has 0 radical (unpaired) electrons. The van der Waals surface area contributed by atoms with Gasteiger partial charge in [-0.2, -0.15) is 0 Å². The molecule has 1 heterocycles. The highest BCUT2D eigenvalue weighted by Crippen LogP contribution is 2.30. The number of rotatable bonds is 2. The van der Waals surface area contributed by atoms with Gasteiger partial charge in [0.25, 0.3) is 0 Å². The van der Waals surface area contributed by atoms with E-state index in [-0.39, 0.29) is 0 Å². The highest BCUT2D eigenvalue weighted by atomic mass is 35.5. The molecule has 0 unspecified atom stereocenters. The maximum atomic E-state index is 6.05. The fraction of sp³-hybridized carbons (Fsp3) is 0.545. The Hall–Kier alpha value is -0.180. The maximum absolute atomic E-state index is 6.05. The third-order valence-electron chi connectivity index (χ3n) is 2.83. The Balaban J connectivity index is 2.11. The molecule has 0 amide bonds. The smallest absolute Gasteiger partial charge is 0.150 e. The summed E-state index contributed by atoms with van der Waals surface area (Å²) in [6.07, 6.45) is 6.17. The van der Waals surface area contributed by atoms with E-state index >= 15 is 0 Å². The molecule has 0 aliphatic heterocycles. The lowest BCUT2D eigenvalue weighted by Gasteiger charge is -2.23. The van der Waals surface area contributed by atoms with Gasteiger partial charge in [-0.15, -0.1) is 0 Å². The van der Waals surface area contributed by atoms with Crippen molar-refractivity contribution in [2.75, 3.05) is 5.32 Å². The van der Waals surface area contributed by atoms with Crippen LogP contribution in [0.15, 0.2) is 6.07 Å². The highest BCUT2D eigenvalue weighted by Gasteiger charge is 2.16. The minimum absolute atomic E-state index is 0.296. The van der Waals surface area contributed by atoms with Crippen LogP contribution in [0, 0.1) is 0 Å². The van der Waals surface area contributed by atoms with Crippen molar-refractivity contribution in [3.8, 4) is 0 Å². The van der Waals surface area contributed by atoms with Crippen molar-refractivity contribution in [1.29, 1.82) is 0 Å². The molecule has 0 aromatic carbocycles. The molecule has 0 spiro atoms. The average molecular weight is 280 g/mol. The van der Waals surface area contributed by atoms with Crippen molar-refractivity contribution in [1.82, 2.24) is 4.98 Å². The molecule has 2 rings (SSSR count).